The quantitative estimate of drug-likeness (QED) is 0.566. The fraction of sp³-hybridized carbons (Fsp3) is 0.333. The Hall–Kier alpha value is -2.42. The van der Waals surface area contributed by atoms with E-state index in [4.69, 9.17) is 10.5 Å². The molecule has 0 spiro atoms. The van der Waals surface area contributed by atoms with Crippen LogP contribution in [0, 0.1) is 0 Å². The van der Waals surface area contributed by atoms with Crippen LogP contribution in [0.3, 0.4) is 0 Å². The molecule has 1 fully saturated rings. The van der Waals surface area contributed by atoms with Crippen molar-refractivity contribution in [3.63, 3.8) is 0 Å². The van der Waals surface area contributed by atoms with Crippen LogP contribution >= 0.6 is 0 Å². The number of anilines is 1. The lowest BCUT2D eigenvalue weighted by Gasteiger charge is -2.24. The van der Waals surface area contributed by atoms with Crippen LogP contribution in [-0.4, -0.2) is 44.7 Å². The number of aliphatic hydroxyl groups excluding tert-OH is 2. The molecule has 5 N–H and O–H groups in total. The molecule has 3 heterocycles. The average molecular weight is 318 g/mol. The average Bonchev–Trinajstić information content (AvgIpc) is 2.75. The highest BCUT2D eigenvalue weighted by Gasteiger charge is 2.42. The molecule has 0 saturated carbocycles. The number of nitrogens with zero attached hydrogens (tertiary/aromatic N) is 2. The summed E-state index contributed by atoms with van der Waals surface area (Å²) in [7, 11) is 0. The van der Waals surface area contributed by atoms with E-state index in [0.717, 1.165) is 0 Å². The molecule has 0 radical (unpaired) electrons. The van der Waals surface area contributed by atoms with Crippen molar-refractivity contribution in [2.24, 2.45) is 0 Å². The van der Waals surface area contributed by atoms with Crippen molar-refractivity contribution in [2.75, 3.05) is 12.3 Å². The maximum Gasteiger partial charge on any atom is 0.349 e. The van der Waals surface area contributed by atoms with Gasteiger partial charge in [0.1, 0.15) is 24.1 Å². The van der Waals surface area contributed by atoms with Crippen molar-refractivity contribution < 1.29 is 14.9 Å². The third kappa shape index (κ3) is 3.04. The molecule has 122 valence electrons. The van der Waals surface area contributed by atoms with Gasteiger partial charge in [-0.25, -0.2) is 4.79 Å². The lowest BCUT2D eigenvalue weighted by atomic mass is 10.0. The molecule has 23 heavy (non-hydrogen) atoms. The normalized spacial score (nSPS) is 28.1. The van der Waals surface area contributed by atoms with Crippen molar-refractivity contribution in [2.45, 2.75) is 24.4 Å². The molecule has 0 bridgehead atoms. The van der Waals surface area contributed by atoms with Crippen LogP contribution in [0.2, 0.25) is 0 Å². The van der Waals surface area contributed by atoms with E-state index in [9.17, 15) is 15.0 Å². The summed E-state index contributed by atoms with van der Waals surface area (Å²) in [5.74, 6) is 0.114. The number of hydrogen-bond acceptors (Lipinski definition) is 7. The van der Waals surface area contributed by atoms with E-state index in [1.165, 1.54) is 16.8 Å². The summed E-state index contributed by atoms with van der Waals surface area (Å²) in [5.41, 5.74) is 5.40. The van der Waals surface area contributed by atoms with Crippen LogP contribution < -0.4 is 16.7 Å². The Balaban J connectivity index is 1.79. The second kappa shape index (κ2) is 6.37. The predicted molar refractivity (Wildman–Crippen MR) is 83.2 cm³/mol. The van der Waals surface area contributed by atoms with E-state index in [1.807, 2.05) is 0 Å². The summed E-state index contributed by atoms with van der Waals surface area (Å²) >= 11 is 0. The second-order valence-electron chi connectivity index (χ2n) is 5.35. The fourth-order valence-corrected chi connectivity index (χ4v) is 2.66. The van der Waals surface area contributed by atoms with Gasteiger partial charge in [-0.05, 0) is 18.2 Å². The minimum Gasteiger partial charge on any atom is -0.388 e. The summed E-state index contributed by atoms with van der Waals surface area (Å²) in [6.45, 7) is 0.0906. The molecule has 1 aromatic rings. The Bertz CT molecular complexity index is 724. The Kier molecular flexibility index (Phi) is 4.28. The molecular formula is C15H18N4O4. The van der Waals surface area contributed by atoms with E-state index in [2.05, 4.69) is 10.3 Å². The molecule has 8 heteroatoms. The van der Waals surface area contributed by atoms with Gasteiger partial charge in [-0.1, -0.05) is 12.2 Å². The van der Waals surface area contributed by atoms with Crippen molar-refractivity contribution in [3.05, 3.63) is 58.9 Å². The summed E-state index contributed by atoms with van der Waals surface area (Å²) in [6, 6.07) is 0.843. The largest absolute Gasteiger partial charge is 0.388 e. The summed E-state index contributed by atoms with van der Waals surface area (Å²) in [4.78, 5) is 15.5. The van der Waals surface area contributed by atoms with Crippen LogP contribution in [0.15, 0.2) is 53.3 Å². The molecule has 2 aliphatic rings. The van der Waals surface area contributed by atoms with Crippen LogP contribution in [0.1, 0.15) is 6.04 Å². The highest BCUT2D eigenvalue weighted by atomic mass is 16.5. The molecule has 2 aliphatic heterocycles. The van der Waals surface area contributed by atoms with Crippen molar-refractivity contribution in [1.82, 2.24) is 14.9 Å². The monoisotopic (exact) mass is 318 g/mol. The number of aromatic nitrogens is 2. The number of nitrogens with one attached hydrogen (secondary N) is 1. The first-order valence-corrected chi connectivity index (χ1v) is 7.20. The maximum atomic E-state index is 11.9. The van der Waals surface area contributed by atoms with Gasteiger partial charge in [0.25, 0.3) is 0 Å². The topological polar surface area (TPSA) is 123 Å². The fourth-order valence-electron chi connectivity index (χ4n) is 2.66. The highest BCUT2D eigenvalue weighted by Crippen LogP contribution is 2.28. The Morgan fingerprint density at radius 3 is 3.04 bits per heavy atom. The minimum atomic E-state index is -1.06. The standard InChI is InChI=1S/C15H18N4O4/c16-11-5-7-19(15(22)18-11)10-8-23-14(13(10)21)12(20)9-4-2-1-3-6-17-9/h1-7,10,12-14,17,20-21H,8H2,(H2,16,18,22)/t10?,12?,13-,14+/m0/s1. The minimum absolute atomic E-state index is 0.0906. The highest BCUT2D eigenvalue weighted by molar-refractivity contribution is 5.25. The predicted octanol–water partition coefficient (Wildman–Crippen LogP) is -0.956. The zero-order valence-electron chi connectivity index (χ0n) is 12.2. The number of allylic oxidation sites excluding steroid dienone is 4. The second-order valence-corrected chi connectivity index (χ2v) is 5.35. The third-order valence-corrected chi connectivity index (χ3v) is 3.87. The molecule has 8 nitrogen and oxygen atoms in total. The molecule has 1 aromatic heterocycles. The molecule has 1 saturated heterocycles. The molecule has 4 atom stereocenters. The molecule has 0 aromatic carbocycles. The Labute approximate surface area is 132 Å². The molecule has 0 aliphatic carbocycles. The smallest absolute Gasteiger partial charge is 0.349 e. The first kappa shape index (κ1) is 15.5. The number of aliphatic hydroxyl groups is 2. The van der Waals surface area contributed by atoms with Crippen LogP contribution in [0.5, 0.6) is 0 Å². The number of nitrogen functional groups attached to an aromatic ring is 1. The van der Waals surface area contributed by atoms with Crippen LogP contribution in [0.25, 0.3) is 0 Å². The van der Waals surface area contributed by atoms with Gasteiger partial charge < -0.3 is 26.0 Å². The Morgan fingerprint density at radius 2 is 2.26 bits per heavy atom. The van der Waals surface area contributed by atoms with Gasteiger partial charge >= 0.3 is 5.69 Å². The van der Waals surface area contributed by atoms with E-state index < -0.39 is 30.0 Å². The van der Waals surface area contributed by atoms with Crippen molar-refractivity contribution >= 4 is 5.82 Å². The van der Waals surface area contributed by atoms with Gasteiger partial charge in [0.15, 0.2) is 0 Å². The van der Waals surface area contributed by atoms with Crippen LogP contribution in [-0.2, 0) is 4.74 Å². The lowest BCUT2D eigenvalue weighted by molar-refractivity contribution is -0.0334. The first-order valence-electron chi connectivity index (χ1n) is 7.20. The maximum absolute atomic E-state index is 11.9. The summed E-state index contributed by atoms with van der Waals surface area (Å²) in [6.07, 6.45) is 7.21. The SMILES string of the molecule is Nc1ccn(C2CO[C@H](C(O)C3=CC=CC=CN3)[C@H]2O)c(=O)n1. The number of rotatable bonds is 3. The zero-order valence-corrected chi connectivity index (χ0v) is 12.2. The van der Waals surface area contributed by atoms with Gasteiger partial charge in [-0.3, -0.25) is 4.57 Å². The molecule has 3 rings (SSSR count). The van der Waals surface area contributed by atoms with Gasteiger partial charge in [0.05, 0.1) is 12.6 Å². The van der Waals surface area contributed by atoms with Gasteiger partial charge in [-0.2, -0.15) is 4.98 Å². The van der Waals surface area contributed by atoms with Gasteiger partial charge in [0, 0.05) is 18.1 Å². The first-order chi connectivity index (χ1) is 11.1. The van der Waals surface area contributed by atoms with Crippen LogP contribution in [0.4, 0.5) is 5.82 Å². The van der Waals surface area contributed by atoms with Gasteiger partial charge in [0.2, 0.25) is 0 Å². The van der Waals surface area contributed by atoms with Gasteiger partial charge in [-0.15, -0.1) is 0 Å². The van der Waals surface area contributed by atoms with E-state index in [-0.39, 0.29) is 12.4 Å². The summed E-state index contributed by atoms with van der Waals surface area (Å²) < 4.78 is 6.79. The van der Waals surface area contributed by atoms with E-state index >= 15 is 0 Å². The molecular weight excluding hydrogens is 300 g/mol. The number of nitrogens with two attached hydrogens (primary N) is 1. The Morgan fingerprint density at radius 1 is 1.43 bits per heavy atom. The zero-order chi connectivity index (χ0) is 16.4. The van der Waals surface area contributed by atoms with Crippen molar-refractivity contribution in [1.29, 1.82) is 0 Å². The van der Waals surface area contributed by atoms with E-state index in [1.54, 1.807) is 30.5 Å². The third-order valence-electron chi connectivity index (χ3n) is 3.87. The van der Waals surface area contributed by atoms with E-state index in [0.29, 0.717) is 5.70 Å². The molecule has 2 unspecified atom stereocenters. The number of ether oxygens (including phenoxy) is 1. The number of hydrogen-bond donors (Lipinski definition) is 4. The summed E-state index contributed by atoms with van der Waals surface area (Å²) in [5, 5.41) is 23.8. The van der Waals surface area contributed by atoms with Crippen molar-refractivity contribution in [3.8, 4) is 0 Å². The lowest BCUT2D eigenvalue weighted by Crippen LogP contribution is -2.42. The molecule has 0 amide bonds.